The number of aromatic nitrogens is 1. The van der Waals surface area contributed by atoms with Crippen molar-refractivity contribution in [2.24, 2.45) is 0 Å². The zero-order chi connectivity index (χ0) is 18.8. The minimum absolute atomic E-state index is 0.171. The third-order valence-corrected chi connectivity index (χ3v) is 6.13. The molecule has 0 aliphatic heterocycles. The van der Waals surface area contributed by atoms with Crippen LogP contribution < -0.4 is 10.9 Å². The van der Waals surface area contributed by atoms with Crippen LogP contribution in [0, 0.1) is 6.92 Å². The van der Waals surface area contributed by atoms with E-state index in [0.29, 0.717) is 18.6 Å². The first kappa shape index (κ1) is 18.1. The smallest absolute Gasteiger partial charge is 0.252 e. The molecule has 1 unspecified atom stereocenters. The summed E-state index contributed by atoms with van der Waals surface area (Å²) in [6.45, 7) is 2.20. The molecule has 1 aromatic heterocycles. The van der Waals surface area contributed by atoms with Crippen LogP contribution in [-0.4, -0.2) is 34.3 Å². The first-order chi connectivity index (χ1) is 13.1. The molecule has 2 aliphatic carbocycles. The second-order valence-corrected chi connectivity index (χ2v) is 8.26. The SMILES string of the molecule is Cc1csc(CC(=O)NNC(=O)CN(C2CC2)C2CCc3ccccc32)n1. The number of nitrogens with zero attached hydrogens (tertiary/aromatic N) is 2. The minimum Gasteiger partial charge on any atom is -0.284 e. The van der Waals surface area contributed by atoms with E-state index >= 15 is 0 Å². The quantitative estimate of drug-likeness (QED) is 0.750. The van der Waals surface area contributed by atoms with Crippen LogP contribution in [0.1, 0.15) is 47.1 Å². The highest BCUT2D eigenvalue weighted by molar-refractivity contribution is 7.09. The van der Waals surface area contributed by atoms with Gasteiger partial charge < -0.3 is 0 Å². The fraction of sp³-hybridized carbons (Fsp3) is 0.450. The van der Waals surface area contributed by atoms with Gasteiger partial charge in [-0.2, -0.15) is 0 Å². The molecule has 2 amide bonds. The van der Waals surface area contributed by atoms with E-state index in [1.165, 1.54) is 22.5 Å². The van der Waals surface area contributed by atoms with Crippen molar-refractivity contribution in [3.63, 3.8) is 0 Å². The number of hydrogen-bond donors (Lipinski definition) is 2. The second-order valence-electron chi connectivity index (χ2n) is 7.31. The van der Waals surface area contributed by atoms with Gasteiger partial charge in [-0.1, -0.05) is 24.3 Å². The Kier molecular flexibility index (Phi) is 5.22. The molecule has 27 heavy (non-hydrogen) atoms. The van der Waals surface area contributed by atoms with Gasteiger partial charge in [0.25, 0.3) is 5.91 Å². The molecule has 6 nitrogen and oxygen atoms in total. The lowest BCUT2D eigenvalue weighted by Gasteiger charge is -2.29. The van der Waals surface area contributed by atoms with E-state index in [1.807, 2.05) is 12.3 Å². The largest absolute Gasteiger partial charge is 0.284 e. The van der Waals surface area contributed by atoms with Gasteiger partial charge >= 0.3 is 0 Å². The van der Waals surface area contributed by atoms with Gasteiger partial charge in [-0.3, -0.25) is 25.3 Å². The zero-order valence-electron chi connectivity index (χ0n) is 15.4. The highest BCUT2D eigenvalue weighted by atomic mass is 32.1. The van der Waals surface area contributed by atoms with Crippen molar-refractivity contribution >= 4 is 23.2 Å². The Labute approximate surface area is 163 Å². The van der Waals surface area contributed by atoms with Crippen molar-refractivity contribution in [2.75, 3.05) is 6.54 Å². The van der Waals surface area contributed by atoms with E-state index < -0.39 is 0 Å². The second kappa shape index (κ2) is 7.78. The summed E-state index contributed by atoms with van der Waals surface area (Å²) in [5.74, 6) is -0.420. The lowest BCUT2D eigenvalue weighted by molar-refractivity contribution is -0.129. The van der Waals surface area contributed by atoms with Crippen molar-refractivity contribution in [3.05, 3.63) is 51.5 Å². The molecule has 0 spiro atoms. The molecule has 0 saturated heterocycles. The zero-order valence-corrected chi connectivity index (χ0v) is 16.2. The number of benzene rings is 1. The van der Waals surface area contributed by atoms with Crippen molar-refractivity contribution in [3.8, 4) is 0 Å². The fourth-order valence-corrected chi connectivity index (χ4v) is 4.56. The van der Waals surface area contributed by atoms with E-state index in [4.69, 9.17) is 0 Å². The van der Waals surface area contributed by atoms with E-state index in [-0.39, 0.29) is 18.2 Å². The van der Waals surface area contributed by atoms with Crippen LogP contribution in [-0.2, 0) is 22.4 Å². The Bertz CT molecular complexity index is 846. The van der Waals surface area contributed by atoms with Crippen molar-refractivity contribution in [1.82, 2.24) is 20.7 Å². The predicted molar refractivity (Wildman–Crippen MR) is 104 cm³/mol. The number of hydrazine groups is 1. The molecule has 1 atom stereocenters. The Balaban J connectivity index is 1.31. The van der Waals surface area contributed by atoms with Gasteiger partial charge in [-0.25, -0.2) is 4.98 Å². The standard InChI is InChI=1S/C20H24N4O2S/c1-13-12-27-20(21-13)10-18(25)22-23-19(26)11-24(15-7-8-15)17-9-6-14-4-2-3-5-16(14)17/h2-5,12,15,17H,6-11H2,1H3,(H,22,25)(H,23,26). The summed E-state index contributed by atoms with van der Waals surface area (Å²) in [6.07, 6.45) is 4.58. The van der Waals surface area contributed by atoms with E-state index in [1.54, 1.807) is 0 Å². The molecule has 7 heteroatoms. The highest BCUT2D eigenvalue weighted by Crippen LogP contribution is 2.41. The van der Waals surface area contributed by atoms with Gasteiger partial charge in [0.2, 0.25) is 5.91 Å². The Hall–Kier alpha value is -2.25. The van der Waals surface area contributed by atoms with Crippen molar-refractivity contribution in [2.45, 2.75) is 51.1 Å². The number of amides is 2. The first-order valence-electron chi connectivity index (χ1n) is 9.42. The number of fused-ring (bicyclic) bond motifs is 1. The van der Waals surface area contributed by atoms with Crippen molar-refractivity contribution in [1.29, 1.82) is 0 Å². The normalized spacial score (nSPS) is 18.4. The molecule has 1 fully saturated rings. The summed E-state index contributed by atoms with van der Waals surface area (Å²) in [5, 5.41) is 2.66. The molecule has 2 aliphatic rings. The number of nitrogens with one attached hydrogen (secondary N) is 2. The van der Waals surface area contributed by atoms with Crippen LogP contribution in [0.25, 0.3) is 0 Å². The summed E-state index contributed by atoms with van der Waals surface area (Å²) >= 11 is 1.45. The molecular weight excluding hydrogens is 360 g/mol. The summed E-state index contributed by atoms with van der Waals surface area (Å²) in [5.41, 5.74) is 8.73. The Morgan fingerprint density at radius 2 is 1.96 bits per heavy atom. The number of carbonyl (C=O) groups is 2. The molecule has 0 bridgehead atoms. The topological polar surface area (TPSA) is 74.3 Å². The predicted octanol–water partition coefficient (Wildman–Crippen LogP) is 2.29. The lowest BCUT2D eigenvalue weighted by atomic mass is 10.1. The number of rotatable bonds is 6. The molecule has 142 valence electrons. The monoisotopic (exact) mass is 384 g/mol. The van der Waals surface area contributed by atoms with E-state index in [2.05, 4.69) is 45.0 Å². The molecule has 0 radical (unpaired) electrons. The summed E-state index contributed by atoms with van der Waals surface area (Å²) in [4.78, 5) is 31.0. The number of carbonyl (C=O) groups excluding carboxylic acids is 2. The average molecular weight is 385 g/mol. The third kappa shape index (κ3) is 4.36. The van der Waals surface area contributed by atoms with Gasteiger partial charge in [-0.15, -0.1) is 11.3 Å². The van der Waals surface area contributed by atoms with Gasteiger partial charge in [0.1, 0.15) is 5.01 Å². The molecule has 1 saturated carbocycles. The minimum atomic E-state index is -0.248. The maximum atomic E-state index is 12.4. The number of aryl methyl sites for hydroxylation is 2. The van der Waals surface area contributed by atoms with Crippen LogP contribution in [0.15, 0.2) is 29.6 Å². The van der Waals surface area contributed by atoms with Crippen LogP contribution in [0.2, 0.25) is 0 Å². The molecule has 4 rings (SSSR count). The summed E-state index contributed by atoms with van der Waals surface area (Å²) in [7, 11) is 0. The van der Waals surface area contributed by atoms with Crippen LogP contribution in [0.5, 0.6) is 0 Å². The lowest BCUT2D eigenvalue weighted by Crippen LogP contribution is -2.47. The molecule has 2 aromatic rings. The Morgan fingerprint density at radius 1 is 1.19 bits per heavy atom. The van der Waals surface area contributed by atoms with E-state index in [9.17, 15) is 9.59 Å². The highest BCUT2D eigenvalue weighted by Gasteiger charge is 2.38. The Morgan fingerprint density at radius 3 is 2.70 bits per heavy atom. The summed E-state index contributed by atoms with van der Waals surface area (Å²) < 4.78 is 0. The van der Waals surface area contributed by atoms with Crippen molar-refractivity contribution < 1.29 is 9.59 Å². The van der Waals surface area contributed by atoms with Crippen LogP contribution >= 0.6 is 11.3 Å². The molecule has 2 N–H and O–H groups in total. The van der Waals surface area contributed by atoms with Crippen LogP contribution in [0.4, 0.5) is 0 Å². The summed E-state index contributed by atoms with van der Waals surface area (Å²) in [6, 6.07) is 9.28. The maximum Gasteiger partial charge on any atom is 0.252 e. The van der Waals surface area contributed by atoms with Gasteiger partial charge in [0, 0.05) is 23.2 Å². The molecular formula is C20H24N4O2S. The third-order valence-electron chi connectivity index (χ3n) is 5.16. The fourth-order valence-electron chi connectivity index (χ4n) is 3.79. The average Bonchev–Trinajstić information content (AvgIpc) is 3.29. The number of thiazole rings is 1. The first-order valence-corrected chi connectivity index (χ1v) is 10.3. The van der Waals surface area contributed by atoms with Gasteiger partial charge in [-0.05, 0) is 43.7 Å². The van der Waals surface area contributed by atoms with E-state index in [0.717, 1.165) is 36.4 Å². The van der Waals surface area contributed by atoms with Crippen LogP contribution in [0.3, 0.4) is 0 Å². The molecule has 1 aromatic carbocycles. The maximum absolute atomic E-state index is 12.4. The van der Waals surface area contributed by atoms with Gasteiger partial charge in [0.15, 0.2) is 0 Å². The molecule has 1 heterocycles. The number of hydrogen-bond acceptors (Lipinski definition) is 5. The van der Waals surface area contributed by atoms with Gasteiger partial charge in [0.05, 0.1) is 13.0 Å².